The first kappa shape index (κ1) is 28.7. The first-order valence-corrected chi connectivity index (χ1v) is 15.3. The number of fused-ring (bicyclic) bond motifs is 3. The van der Waals surface area contributed by atoms with Crippen LogP contribution in [0.4, 0.5) is 17.3 Å². The monoisotopic (exact) mass is 580 g/mol. The van der Waals surface area contributed by atoms with E-state index in [0.717, 1.165) is 96.9 Å². The normalized spacial score (nSPS) is 15.0. The van der Waals surface area contributed by atoms with E-state index in [9.17, 15) is 4.79 Å². The second kappa shape index (κ2) is 12.5. The maximum atomic E-state index is 13.5. The highest BCUT2D eigenvalue weighted by molar-refractivity contribution is 6.06. The molecule has 0 unspecified atom stereocenters. The number of nitrogens with one attached hydrogen (secondary N) is 2. The van der Waals surface area contributed by atoms with Gasteiger partial charge in [-0.1, -0.05) is 32.0 Å². The van der Waals surface area contributed by atoms with Crippen LogP contribution in [0.2, 0.25) is 0 Å². The number of carbonyl (C=O) groups excluding carboxylic acids is 1. The van der Waals surface area contributed by atoms with Crippen LogP contribution in [0, 0.1) is 0 Å². The number of para-hydroxylation sites is 1. The van der Waals surface area contributed by atoms with E-state index in [1.807, 2.05) is 41.2 Å². The maximum absolute atomic E-state index is 13.5. The molecule has 1 fully saturated rings. The second-order valence-corrected chi connectivity index (χ2v) is 11.3. The molecule has 9 heteroatoms. The lowest BCUT2D eigenvalue weighted by Gasteiger charge is -2.29. The van der Waals surface area contributed by atoms with Crippen LogP contribution in [0.5, 0.6) is 11.5 Å². The quantitative estimate of drug-likeness (QED) is 0.252. The number of hydrogen-bond donors (Lipinski definition) is 2. The van der Waals surface area contributed by atoms with Gasteiger partial charge in [-0.05, 0) is 74.9 Å². The third-order valence-corrected chi connectivity index (χ3v) is 8.56. The molecule has 0 atom stereocenters. The van der Waals surface area contributed by atoms with Crippen LogP contribution in [0.15, 0.2) is 54.9 Å². The van der Waals surface area contributed by atoms with Gasteiger partial charge in [-0.3, -0.25) is 4.79 Å². The number of piperidine rings is 1. The summed E-state index contributed by atoms with van der Waals surface area (Å²) in [6.07, 6.45) is 9.24. The van der Waals surface area contributed by atoms with Crippen LogP contribution in [0.3, 0.4) is 0 Å². The zero-order valence-corrected chi connectivity index (χ0v) is 25.4. The van der Waals surface area contributed by atoms with Gasteiger partial charge in [0.2, 0.25) is 5.95 Å². The first-order valence-electron chi connectivity index (χ1n) is 15.3. The Hall–Kier alpha value is -4.37. The Balaban J connectivity index is 1.21. The molecule has 9 nitrogen and oxygen atoms in total. The van der Waals surface area contributed by atoms with Gasteiger partial charge in [0, 0.05) is 48.5 Å². The van der Waals surface area contributed by atoms with Crippen molar-refractivity contribution in [1.29, 1.82) is 0 Å². The molecule has 0 spiro atoms. The average molecular weight is 581 g/mol. The van der Waals surface area contributed by atoms with Crippen LogP contribution in [-0.4, -0.2) is 58.7 Å². The molecule has 0 aliphatic carbocycles. The highest BCUT2D eigenvalue weighted by atomic mass is 16.5. The summed E-state index contributed by atoms with van der Waals surface area (Å²) in [5.74, 6) is 2.60. The third-order valence-electron chi connectivity index (χ3n) is 8.56. The second-order valence-electron chi connectivity index (χ2n) is 11.3. The van der Waals surface area contributed by atoms with E-state index in [-0.39, 0.29) is 12.0 Å². The lowest BCUT2D eigenvalue weighted by atomic mass is 10.0. The Morgan fingerprint density at radius 2 is 1.81 bits per heavy atom. The van der Waals surface area contributed by atoms with Crippen molar-refractivity contribution in [3.8, 4) is 17.3 Å². The number of likely N-dealkylation sites (tertiary alicyclic amines) is 1. The van der Waals surface area contributed by atoms with Crippen LogP contribution >= 0.6 is 0 Å². The lowest BCUT2D eigenvalue weighted by Crippen LogP contribution is -2.35. The van der Waals surface area contributed by atoms with Gasteiger partial charge >= 0.3 is 0 Å². The Morgan fingerprint density at radius 3 is 2.53 bits per heavy atom. The van der Waals surface area contributed by atoms with Crippen molar-refractivity contribution in [2.24, 2.45) is 0 Å². The number of rotatable bonds is 9. The highest BCUT2D eigenvalue weighted by Gasteiger charge is 2.25. The number of nitrogens with zero attached hydrogens (tertiary/aromatic N) is 4. The van der Waals surface area contributed by atoms with E-state index >= 15 is 0 Å². The fraction of sp³-hybridized carbons (Fsp3) is 0.382. The van der Waals surface area contributed by atoms with Crippen molar-refractivity contribution in [3.63, 3.8) is 0 Å². The number of aromatic nitrogens is 3. The van der Waals surface area contributed by atoms with Gasteiger partial charge in [0.05, 0.1) is 18.4 Å². The lowest BCUT2D eigenvalue weighted by molar-refractivity contribution is 0.102. The summed E-state index contributed by atoms with van der Waals surface area (Å²) >= 11 is 0. The summed E-state index contributed by atoms with van der Waals surface area (Å²) in [5, 5.41) is 6.55. The number of amides is 1. The Labute approximate surface area is 253 Å². The minimum atomic E-state index is -0.0903. The molecule has 2 aliphatic heterocycles. The maximum Gasteiger partial charge on any atom is 0.257 e. The minimum absolute atomic E-state index is 0.0903. The van der Waals surface area contributed by atoms with Crippen LogP contribution in [0.1, 0.15) is 59.4 Å². The number of benzene rings is 2. The van der Waals surface area contributed by atoms with Crippen molar-refractivity contribution >= 4 is 23.2 Å². The highest BCUT2D eigenvalue weighted by Crippen LogP contribution is 2.34. The molecule has 4 aromatic rings. The molecule has 1 saturated heterocycles. The summed E-state index contributed by atoms with van der Waals surface area (Å²) in [7, 11) is 3.79. The smallest absolute Gasteiger partial charge is 0.257 e. The molecule has 4 heterocycles. The SMILES string of the molecule is CCc1cccc(CC)c1NC(=O)c1ccn2c1CCc1cnc(Nc3ccc(OC4CCN(C)CC4)cc3OC)nc1-2. The van der Waals surface area contributed by atoms with Crippen LogP contribution in [-0.2, 0) is 25.7 Å². The summed E-state index contributed by atoms with van der Waals surface area (Å²) < 4.78 is 14.0. The topological polar surface area (TPSA) is 93.5 Å². The molecule has 1 amide bonds. The molecule has 2 aromatic heterocycles. The molecule has 6 rings (SSSR count). The molecule has 2 N–H and O–H groups in total. The van der Waals surface area contributed by atoms with Crippen molar-refractivity contribution in [3.05, 3.63) is 82.8 Å². The molecule has 224 valence electrons. The molecule has 0 saturated carbocycles. The average Bonchev–Trinajstić information content (AvgIpc) is 3.48. The fourth-order valence-corrected chi connectivity index (χ4v) is 6.07. The van der Waals surface area contributed by atoms with Crippen LogP contribution in [0.25, 0.3) is 5.82 Å². The van der Waals surface area contributed by atoms with Gasteiger partial charge < -0.3 is 29.6 Å². The summed E-state index contributed by atoms with van der Waals surface area (Å²) in [6, 6.07) is 13.9. The molecule has 2 aliphatic rings. The van der Waals surface area contributed by atoms with Crippen molar-refractivity contribution < 1.29 is 14.3 Å². The molecular formula is C34H40N6O3. The van der Waals surface area contributed by atoms with Gasteiger partial charge in [0.15, 0.2) is 0 Å². The number of ether oxygens (including phenoxy) is 2. The number of carbonyl (C=O) groups is 1. The third kappa shape index (κ3) is 5.95. The molecule has 0 radical (unpaired) electrons. The Kier molecular flexibility index (Phi) is 8.33. The van der Waals surface area contributed by atoms with Crippen molar-refractivity contribution in [2.45, 2.75) is 58.5 Å². The summed E-state index contributed by atoms with van der Waals surface area (Å²) in [6.45, 7) is 6.31. The zero-order valence-electron chi connectivity index (χ0n) is 25.4. The summed E-state index contributed by atoms with van der Waals surface area (Å²) in [4.78, 5) is 25.3. The Morgan fingerprint density at radius 1 is 1.05 bits per heavy atom. The fourth-order valence-electron chi connectivity index (χ4n) is 6.07. The van der Waals surface area contributed by atoms with Gasteiger partial charge in [-0.25, -0.2) is 4.98 Å². The number of methoxy groups -OCH3 is 1. The van der Waals surface area contributed by atoms with E-state index in [1.54, 1.807) is 7.11 Å². The molecule has 0 bridgehead atoms. The molecular weight excluding hydrogens is 540 g/mol. The van der Waals surface area contributed by atoms with Gasteiger partial charge in [-0.15, -0.1) is 0 Å². The van der Waals surface area contributed by atoms with Gasteiger partial charge in [-0.2, -0.15) is 4.98 Å². The first-order chi connectivity index (χ1) is 21.0. The van der Waals surface area contributed by atoms with E-state index in [0.29, 0.717) is 17.3 Å². The standard InChI is InChI=1S/C34H40N6O3/c1-5-22-8-7-9-23(6-2)31(22)37-33(41)27-16-19-40-29(27)13-10-24-21-35-34(38-32(24)40)36-28-12-11-26(20-30(28)42-4)43-25-14-17-39(3)18-15-25/h7-9,11-12,16,19-21,25H,5-6,10,13-15,17-18H2,1-4H3,(H,37,41)(H,35,36,38). The molecule has 43 heavy (non-hydrogen) atoms. The van der Waals surface area contributed by atoms with Crippen LogP contribution < -0.4 is 20.1 Å². The van der Waals surface area contributed by atoms with Crippen molar-refractivity contribution in [2.75, 3.05) is 37.9 Å². The Bertz CT molecular complexity index is 1600. The van der Waals surface area contributed by atoms with Crippen molar-refractivity contribution in [1.82, 2.24) is 19.4 Å². The van der Waals surface area contributed by atoms with Gasteiger partial charge in [0.25, 0.3) is 5.91 Å². The number of aryl methyl sites for hydroxylation is 3. The predicted molar refractivity (Wildman–Crippen MR) is 169 cm³/mol. The van der Waals surface area contributed by atoms with E-state index in [2.05, 4.69) is 59.6 Å². The molecule has 2 aromatic carbocycles. The number of hydrogen-bond acceptors (Lipinski definition) is 7. The minimum Gasteiger partial charge on any atom is -0.494 e. The van der Waals surface area contributed by atoms with E-state index in [4.69, 9.17) is 14.5 Å². The predicted octanol–water partition coefficient (Wildman–Crippen LogP) is 5.97. The number of anilines is 3. The summed E-state index contributed by atoms with van der Waals surface area (Å²) in [5.41, 5.74) is 6.64. The largest absolute Gasteiger partial charge is 0.494 e. The van der Waals surface area contributed by atoms with Gasteiger partial charge in [0.1, 0.15) is 23.4 Å². The zero-order chi connectivity index (χ0) is 29.9. The van der Waals surface area contributed by atoms with E-state index < -0.39 is 0 Å². The van der Waals surface area contributed by atoms with E-state index in [1.165, 1.54) is 0 Å².